The molecule has 1 aromatic rings. The fraction of sp³-hybridized carbons (Fsp3) is 0.412. The van der Waals surface area contributed by atoms with E-state index in [4.69, 9.17) is 0 Å². The maximum atomic E-state index is 12.9. The molecule has 1 aliphatic heterocycles. The van der Waals surface area contributed by atoms with Crippen molar-refractivity contribution in [1.29, 1.82) is 0 Å². The summed E-state index contributed by atoms with van der Waals surface area (Å²) in [6.45, 7) is 0. The Morgan fingerprint density at radius 3 is 2.13 bits per heavy atom. The summed E-state index contributed by atoms with van der Waals surface area (Å²) >= 11 is 0. The van der Waals surface area contributed by atoms with Gasteiger partial charge >= 0.3 is 0 Å². The van der Waals surface area contributed by atoms with Crippen LogP contribution in [0.25, 0.3) is 0 Å². The van der Waals surface area contributed by atoms with Crippen molar-refractivity contribution in [3.05, 3.63) is 46.5 Å². The van der Waals surface area contributed by atoms with Crippen molar-refractivity contribution in [3.63, 3.8) is 0 Å². The van der Waals surface area contributed by atoms with E-state index in [-0.39, 0.29) is 52.3 Å². The molecule has 2 amide bonds. The third-order valence-electron chi connectivity index (χ3n) is 6.17. The zero-order valence-corrected chi connectivity index (χ0v) is 12.2. The molecule has 116 valence electrons. The number of hydrogen-bond acceptors (Lipinski definition) is 4. The van der Waals surface area contributed by atoms with E-state index in [0.29, 0.717) is 0 Å². The van der Waals surface area contributed by atoms with E-state index >= 15 is 0 Å². The number of para-hydroxylation sites is 2. The summed E-state index contributed by atoms with van der Waals surface area (Å²) in [5, 5.41) is 11.2. The van der Waals surface area contributed by atoms with E-state index < -0.39 is 4.92 Å². The molecule has 0 radical (unpaired) electrons. The minimum atomic E-state index is -0.542. The molecule has 1 aromatic carbocycles. The van der Waals surface area contributed by atoms with Gasteiger partial charge in [-0.25, -0.2) is 4.90 Å². The standard InChI is InChI=1S/C17H14N2O4/c20-15-13-9-5-6-10(17(9)7-8-17)14(13)16(21)18(15)11-3-1-2-4-12(11)19(22)23/h1-6,9-10,13-14H,7-8H2/t9-,10-,13-,14+/m0/s1. The number of nitro groups is 1. The first-order chi connectivity index (χ1) is 11.1. The van der Waals surface area contributed by atoms with E-state index in [9.17, 15) is 19.7 Å². The molecular formula is C17H14N2O4. The molecule has 3 fully saturated rings. The first-order valence-corrected chi connectivity index (χ1v) is 7.86. The average molecular weight is 310 g/mol. The zero-order valence-electron chi connectivity index (χ0n) is 12.2. The second-order valence-electron chi connectivity index (χ2n) is 6.98. The maximum Gasteiger partial charge on any atom is 0.293 e. The molecule has 1 heterocycles. The van der Waals surface area contributed by atoms with Crippen LogP contribution in [0.2, 0.25) is 0 Å². The molecule has 0 N–H and O–H groups in total. The van der Waals surface area contributed by atoms with Crippen LogP contribution in [-0.2, 0) is 9.59 Å². The number of carbonyl (C=O) groups is 2. The first-order valence-electron chi connectivity index (χ1n) is 7.86. The SMILES string of the molecule is O=C1[C@@H]2[C@H](C(=O)N1c1ccccc1[N+](=O)[O-])[C@@H]1C=C[C@@H]2C12CC2. The fourth-order valence-electron chi connectivity index (χ4n) is 5.12. The third kappa shape index (κ3) is 1.35. The van der Waals surface area contributed by atoms with E-state index in [2.05, 4.69) is 12.2 Å². The Balaban J connectivity index is 1.60. The summed E-state index contributed by atoms with van der Waals surface area (Å²) in [6, 6.07) is 5.97. The van der Waals surface area contributed by atoms with Gasteiger partial charge in [0.2, 0.25) is 11.8 Å². The normalized spacial score (nSPS) is 35.2. The smallest absolute Gasteiger partial charge is 0.274 e. The average Bonchev–Trinajstić information content (AvgIpc) is 3.13. The van der Waals surface area contributed by atoms with Crippen LogP contribution >= 0.6 is 0 Å². The predicted octanol–water partition coefficient (Wildman–Crippen LogP) is 2.30. The highest BCUT2D eigenvalue weighted by Crippen LogP contribution is 2.73. The van der Waals surface area contributed by atoms with Crippen LogP contribution in [0.5, 0.6) is 0 Å². The maximum absolute atomic E-state index is 12.9. The van der Waals surface area contributed by atoms with Crippen molar-refractivity contribution in [1.82, 2.24) is 0 Å². The lowest BCUT2D eigenvalue weighted by atomic mass is 9.85. The molecule has 3 aliphatic carbocycles. The number of amides is 2. The molecule has 5 rings (SSSR count). The summed E-state index contributed by atoms with van der Waals surface area (Å²) in [5.74, 6) is -0.946. The molecule has 23 heavy (non-hydrogen) atoms. The van der Waals surface area contributed by atoms with Gasteiger partial charge < -0.3 is 0 Å². The summed E-state index contributed by atoms with van der Waals surface area (Å²) in [6.07, 6.45) is 6.34. The number of hydrogen-bond donors (Lipinski definition) is 0. The number of imide groups is 1. The van der Waals surface area contributed by atoms with Crippen LogP contribution in [0.1, 0.15) is 12.8 Å². The Bertz CT molecular complexity index is 777. The van der Waals surface area contributed by atoms with Gasteiger partial charge in [0.1, 0.15) is 5.69 Å². The van der Waals surface area contributed by atoms with Gasteiger partial charge in [-0.1, -0.05) is 24.3 Å². The van der Waals surface area contributed by atoms with Crippen LogP contribution in [0.3, 0.4) is 0 Å². The molecule has 6 nitrogen and oxygen atoms in total. The number of nitro benzene ring substituents is 1. The van der Waals surface area contributed by atoms with E-state index in [1.54, 1.807) is 6.07 Å². The van der Waals surface area contributed by atoms with Gasteiger partial charge in [-0.3, -0.25) is 19.7 Å². The van der Waals surface area contributed by atoms with Crippen LogP contribution in [0, 0.1) is 39.2 Å². The van der Waals surface area contributed by atoms with E-state index in [0.717, 1.165) is 17.7 Å². The second-order valence-corrected chi connectivity index (χ2v) is 6.98. The number of fused-ring (bicyclic) bond motifs is 3. The van der Waals surface area contributed by atoms with Crippen LogP contribution in [0.15, 0.2) is 36.4 Å². The van der Waals surface area contributed by atoms with Crippen molar-refractivity contribution >= 4 is 23.2 Å². The number of allylic oxidation sites excluding steroid dienone is 2. The van der Waals surface area contributed by atoms with Crippen LogP contribution in [0.4, 0.5) is 11.4 Å². The van der Waals surface area contributed by atoms with Gasteiger partial charge in [0.15, 0.2) is 0 Å². The highest BCUT2D eigenvalue weighted by molar-refractivity contribution is 6.23. The monoisotopic (exact) mass is 310 g/mol. The highest BCUT2D eigenvalue weighted by Gasteiger charge is 2.73. The molecule has 1 saturated heterocycles. The van der Waals surface area contributed by atoms with Crippen molar-refractivity contribution in [2.24, 2.45) is 29.1 Å². The Kier molecular flexibility index (Phi) is 2.19. The molecular weight excluding hydrogens is 296 g/mol. The van der Waals surface area contributed by atoms with Gasteiger partial charge in [-0.15, -0.1) is 0 Å². The van der Waals surface area contributed by atoms with Gasteiger partial charge in [0.25, 0.3) is 5.69 Å². The summed E-state index contributed by atoms with van der Waals surface area (Å²) in [7, 11) is 0. The topological polar surface area (TPSA) is 80.5 Å². The highest BCUT2D eigenvalue weighted by atomic mass is 16.6. The zero-order chi connectivity index (χ0) is 15.9. The molecule has 2 saturated carbocycles. The summed E-state index contributed by atoms with van der Waals surface area (Å²) in [4.78, 5) is 37.6. The number of rotatable bonds is 2. The van der Waals surface area contributed by atoms with Gasteiger partial charge in [0.05, 0.1) is 16.8 Å². The van der Waals surface area contributed by atoms with Gasteiger partial charge in [-0.2, -0.15) is 0 Å². The van der Waals surface area contributed by atoms with Crippen molar-refractivity contribution < 1.29 is 14.5 Å². The molecule has 0 unspecified atom stereocenters. The minimum Gasteiger partial charge on any atom is -0.274 e. The molecule has 6 heteroatoms. The fourth-order valence-corrected chi connectivity index (χ4v) is 5.12. The number of benzene rings is 1. The van der Waals surface area contributed by atoms with E-state index in [1.807, 2.05) is 0 Å². The van der Waals surface area contributed by atoms with Crippen molar-refractivity contribution in [3.8, 4) is 0 Å². The summed E-state index contributed by atoms with van der Waals surface area (Å²) in [5.41, 5.74) is 0.0387. The van der Waals surface area contributed by atoms with Crippen molar-refractivity contribution in [2.45, 2.75) is 12.8 Å². The Hall–Kier alpha value is -2.50. The molecule has 1 spiro atoms. The van der Waals surface area contributed by atoms with Gasteiger partial charge in [0, 0.05) is 6.07 Å². The number of nitrogens with zero attached hydrogens (tertiary/aromatic N) is 2. The second kappa shape index (κ2) is 3.88. The van der Waals surface area contributed by atoms with Crippen molar-refractivity contribution in [2.75, 3.05) is 4.90 Å². The minimum absolute atomic E-state index is 0.103. The lowest BCUT2D eigenvalue weighted by Crippen LogP contribution is -2.35. The molecule has 2 bridgehead atoms. The van der Waals surface area contributed by atoms with Crippen LogP contribution < -0.4 is 4.90 Å². The number of carbonyl (C=O) groups excluding carboxylic acids is 2. The Labute approximate surface area is 131 Å². The third-order valence-corrected chi connectivity index (χ3v) is 6.17. The molecule has 4 atom stereocenters. The predicted molar refractivity (Wildman–Crippen MR) is 80.4 cm³/mol. The Morgan fingerprint density at radius 2 is 1.61 bits per heavy atom. The quantitative estimate of drug-likeness (QED) is 0.363. The van der Waals surface area contributed by atoms with Gasteiger partial charge in [-0.05, 0) is 36.2 Å². The lowest BCUT2D eigenvalue weighted by molar-refractivity contribution is -0.384. The summed E-state index contributed by atoms with van der Waals surface area (Å²) < 4.78 is 0. The largest absolute Gasteiger partial charge is 0.293 e. The lowest BCUT2D eigenvalue weighted by Gasteiger charge is -2.21. The Morgan fingerprint density at radius 1 is 1.04 bits per heavy atom. The van der Waals surface area contributed by atoms with E-state index in [1.165, 1.54) is 18.2 Å². The number of anilines is 1. The molecule has 0 aromatic heterocycles. The molecule has 4 aliphatic rings. The van der Waals surface area contributed by atoms with Crippen LogP contribution in [-0.4, -0.2) is 16.7 Å². The first kappa shape index (κ1) is 13.0.